The average Bonchev–Trinajstić information content (AvgIpc) is 2.83. The molecule has 0 spiro atoms. The van der Waals surface area contributed by atoms with Gasteiger partial charge in [-0.25, -0.2) is 13.2 Å². The van der Waals surface area contributed by atoms with E-state index in [0.717, 1.165) is 16.6 Å². The molecule has 0 bridgehead atoms. The Labute approximate surface area is 221 Å². The highest BCUT2D eigenvalue weighted by Gasteiger charge is 2.43. The van der Waals surface area contributed by atoms with Crippen LogP contribution in [0.15, 0.2) is 59.5 Å². The molecule has 11 nitrogen and oxygen atoms in total. The van der Waals surface area contributed by atoms with Crippen molar-refractivity contribution in [2.75, 3.05) is 6.54 Å². The summed E-state index contributed by atoms with van der Waals surface area (Å²) in [5.74, 6) is 0. The number of amides is 1. The summed E-state index contributed by atoms with van der Waals surface area (Å²) in [5.41, 5.74) is 5.17. The lowest BCUT2D eigenvalue weighted by Crippen LogP contribution is -2.58. The van der Waals surface area contributed by atoms with Gasteiger partial charge in [0.15, 0.2) is 4.90 Å². The number of hydroxylamine groups is 1. The molecule has 2 unspecified atom stereocenters. The van der Waals surface area contributed by atoms with Crippen LogP contribution in [0, 0.1) is 10.1 Å². The summed E-state index contributed by atoms with van der Waals surface area (Å²) in [7, 11) is -4.54. The van der Waals surface area contributed by atoms with Crippen LogP contribution in [0.1, 0.15) is 39.2 Å². The number of nitrogens with zero attached hydrogens (tertiary/aromatic N) is 3. The van der Waals surface area contributed by atoms with Gasteiger partial charge in [0, 0.05) is 12.6 Å². The summed E-state index contributed by atoms with van der Waals surface area (Å²) < 4.78 is 33.9. The number of thiocarbonyl (C=S) groups is 1. The van der Waals surface area contributed by atoms with E-state index in [1.54, 1.807) is 51.1 Å². The van der Waals surface area contributed by atoms with Crippen LogP contribution >= 0.6 is 12.2 Å². The number of hydrogen-bond donors (Lipinski definition) is 1. The zero-order chi connectivity index (χ0) is 27.4. The van der Waals surface area contributed by atoms with Crippen LogP contribution in [0.25, 0.3) is 0 Å². The molecule has 0 aromatic heterocycles. The number of hydrogen-bond acceptors (Lipinski definition) is 8. The predicted octanol–water partition coefficient (Wildman–Crippen LogP) is 3.77. The highest BCUT2D eigenvalue weighted by Crippen LogP contribution is 2.32. The number of carbonyl (C=O) groups is 1. The van der Waals surface area contributed by atoms with Crippen LogP contribution in [0.3, 0.4) is 0 Å². The van der Waals surface area contributed by atoms with Crippen LogP contribution in [0.4, 0.5) is 10.5 Å². The first-order valence-corrected chi connectivity index (χ1v) is 13.4. The molecule has 3 rings (SSSR count). The Morgan fingerprint density at radius 2 is 1.78 bits per heavy atom. The van der Waals surface area contributed by atoms with Crippen LogP contribution in [0.2, 0.25) is 0 Å². The molecule has 0 aliphatic carbocycles. The maximum atomic E-state index is 13.8. The van der Waals surface area contributed by atoms with E-state index in [4.69, 9.17) is 27.5 Å². The zero-order valence-corrected chi connectivity index (χ0v) is 22.4. The third-order valence-electron chi connectivity index (χ3n) is 5.59. The van der Waals surface area contributed by atoms with E-state index in [9.17, 15) is 23.3 Å². The summed E-state index contributed by atoms with van der Waals surface area (Å²) in [5, 5.41) is 11.6. The second-order valence-electron chi connectivity index (χ2n) is 9.53. The molecule has 1 aliphatic heterocycles. The molecule has 0 saturated carbocycles. The van der Waals surface area contributed by atoms with E-state index >= 15 is 0 Å². The van der Waals surface area contributed by atoms with E-state index in [0.29, 0.717) is 5.56 Å². The highest BCUT2D eigenvalue weighted by atomic mass is 32.2. The van der Waals surface area contributed by atoms with Crippen molar-refractivity contribution in [2.24, 2.45) is 5.73 Å². The van der Waals surface area contributed by atoms with Crippen LogP contribution in [-0.2, 0) is 26.2 Å². The summed E-state index contributed by atoms with van der Waals surface area (Å²) in [6.07, 6.45) is -0.228. The average molecular weight is 551 g/mol. The van der Waals surface area contributed by atoms with E-state index in [2.05, 4.69) is 0 Å². The van der Waals surface area contributed by atoms with Gasteiger partial charge in [-0.3, -0.25) is 19.9 Å². The molecule has 2 aromatic carbocycles. The van der Waals surface area contributed by atoms with Crippen molar-refractivity contribution in [1.29, 1.82) is 0 Å². The van der Waals surface area contributed by atoms with Gasteiger partial charge in [-0.1, -0.05) is 59.2 Å². The van der Waals surface area contributed by atoms with Gasteiger partial charge < -0.3 is 10.5 Å². The highest BCUT2D eigenvalue weighted by molar-refractivity contribution is 7.89. The molecule has 2 N–H and O–H groups in total. The lowest BCUT2D eigenvalue weighted by Gasteiger charge is -2.42. The molecule has 1 fully saturated rings. The second-order valence-corrected chi connectivity index (χ2v) is 11.7. The van der Waals surface area contributed by atoms with E-state index in [-0.39, 0.29) is 31.0 Å². The number of carbonyl (C=O) groups excluding carboxylic acids is 1. The van der Waals surface area contributed by atoms with Crippen LogP contribution in [-0.4, -0.2) is 58.0 Å². The molecule has 37 heavy (non-hydrogen) atoms. The minimum absolute atomic E-state index is 0.0719. The normalized spacial score (nSPS) is 18.4. The van der Waals surface area contributed by atoms with Crippen LogP contribution < -0.4 is 5.73 Å². The number of nitro groups is 1. The summed E-state index contributed by atoms with van der Waals surface area (Å²) in [4.78, 5) is 30.6. The molecule has 0 radical (unpaired) electrons. The number of ether oxygens (including phenoxy) is 1. The summed E-state index contributed by atoms with van der Waals surface area (Å²) in [6.45, 7) is 4.84. The topological polar surface area (TPSA) is 145 Å². The van der Waals surface area contributed by atoms with Crippen molar-refractivity contribution in [2.45, 2.75) is 62.8 Å². The van der Waals surface area contributed by atoms with Gasteiger partial charge in [0.25, 0.3) is 15.7 Å². The number of para-hydroxylation sites is 1. The van der Waals surface area contributed by atoms with Crippen molar-refractivity contribution in [3.8, 4) is 0 Å². The van der Waals surface area contributed by atoms with Crippen molar-refractivity contribution in [1.82, 2.24) is 9.37 Å². The van der Waals surface area contributed by atoms with Crippen molar-refractivity contribution in [3.63, 3.8) is 0 Å². The fourth-order valence-corrected chi connectivity index (χ4v) is 5.80. The molecular weight excluding hydrogens is 520 g/mol. The predicted molar refractivity (Wildman–Crippen MR) is 140 cm³/mol. The molecule has 200 valence electrons. The minimum Gasteiger partial charge on any atom is -0.444 e. The molecule has 1 heterocycles. The Morgan fingerprint density at radius 1 is 1.16 bits per heavy atom. The van der Waals surface area contributed by atoms with Gasteiger partial charge in [-0.15, -0.1) is 0 Å². The van der Waals surface area contributed by atoms with Crippen molar-refractivity contribution >= 4 is 39.0 Å². The quantitative estimate of drug-likeness (QED) is 0.295. The number of likely N-dealkylation sites (tertiary alicyclic amines) is 1. The summed E-state index contributed by atoms with van der Waals surface area (Å²) >= 11 is 5.16. The fourth-order valence-electron chi connectivity index (χ4n) is 3.95. The summed E-state index contributed by atoms with van der Waals surface area (Å²) in [6, 6.07) is 12.4. The molecule has 1 amide bonds. The maximum Gasteiger partial charge on any atom is 0.410 e. The molecule has 1 saturated heterocycles. The fraction of sp³-hybridized carbons (Fsp3) is 0.417. The van der Waals surface area contributed by atoms with Crippen LogP contribution in [0.5, 0.6) is 0 Å². The third kappa shape index (κ3) is 7.01. The van der Waals surface area contributed by atoms with E-state index in [1.807, 2.05) is 0 Å². The van der Waals surface area contributed by atoms with Crippen molar-refractivity contribution < 1.29 is 27.7 Å². The van der Waals surface area contributed by atoms with Gasteiger partial charge in [0.1, 0.15) is 5.60 Å². The molecular formula is C24H30N4O7S2. The maximum absolute atomic E-state index is 13.8. The van der Waals surface area contributed by atoms with Gasteiger partial charge in [0.2, 0.25) is 0 Å². The molecule has 2 aromatic rings. The molecule has 13 heteroatoms. The Kier molecular flexibility index (Phi) is 8.84. The minimum atomic E-state index is -4.54. The first-order valence-electron chi connectivity index (χ1n) is 11.5. The smallest absolute Gasteiger partial charge is 0.410 e. The lowest BCUT2D eigenvalue weighted by molar-refractivity contribution is -0.388. The Morgan fingerprint density at radius 3 is 2.38 bits per heavy atom. The number of nitrogens with two attached hydrogens (primary N) is 1. The number of benzene rings is 2. The Hall–Kier alpha value is -3.13. The number of rotatable bonds is 8. The lowest BCUT2D eigenvalue weighted by atomic mass is 9.99. The van der Waals surface area contributed by atoms with Gasteiger partial charge >= 0.3 is 6.09 Å². The Balaban J connectivity index is 2.01. The Bertz CT molecular complexity index is 1250. The first-order chi connectivity index (χ1) is 17.3. The molecule has 2 atom stereocenters. The van der Waals surface area contributed by atoms with Crippen molar-refractivity contribution in [3.05, 3.63) is 70.3 Å². The molecule has 1 aliphatic rings. The zero-order valence-electron chi connectivity index (χ0n) is 20.8. The van der Waals surface area contributed by atoms with Gasteiger partial charge in [-0.2, -0.15) is 0 Å². The van der Waals surface area contributed by atoms with E-state index in [1.165, 1.54) is 17.0 Å². The SMILES string of the molecule is CC(C)(C)OC(=O)N1CC(N(OCc2ccccc2)S(=O)(=O)c2ccccc2[N+](=O)[O-])CCC1C(N)=S. The van der Waals surface area contributed by atoms with Gasteiger partial charge in [0.05, 0.1) is 28.6 Å². The number of sulfonamides is 1. The third-order valence-corrected chi connectivity index (χ3v) is 7.64. The standard InChI is InChI=1S/C24H30N4O7S2/c1-24(2,3)35-23(29)26-15-18(13-14-20(26)22(25)36)28(34-16-17-9-5-4-6-10-17)37(32,33)21-12-8-7-11-19(21)27(30)31/h4-12,18,20H,13-16H2,1-3H3,(H2,25,36). The first kappa shape index (κ1) is 28.4. The van der Waals surface area contributed by atoms with E-state index < -0.39 is 49.3 Å². The number of nitro benzene ring substituents is 1. The monoisotopic (exact) mass is 550 g/mol. The number of piperidine rings is 1. The van der Waals surface area contributed by atoms with Gasteiger partial charge in [-0.05, 0) is 45.2 Å². The largest absolute Gasteiger partial charge is 0.444 e. The second kappa shape index (κ2) is 11.5.